The molecular weight excluding hydrogens is 369 g/mol. The van der Waals surface area contributed by atoms with E-state index in [0.29, 0.717) is 19.5 Å². The first-order valence-corrected chi connectivity index (χ1v) is 8.50. The van der Waals surface area contributed by atoms with Gasteiger partial charge in [-0.25, -0.2) is 4.79 Å². The van der Waals surface area contributed by atoms with Crippen LogP contribution in [-0.2, 0) is 30.2 Å². The summed E-state index contributed by atoms with van der Waals surface area (Å²) in [5.41, 5.74) is -0.726. The number of aryl methyl sites for hydroxylation is 1. The minimum Gasteiger partial charge on any atom is -0.372 e. The molecule has 27 heavy (non-hydrogen) atoms. The summed E-state index contributed by atoms with van der Waals surface area (Å²) in [5.74, 6) is -0.401. The van der Waals surface area contributed by atoms with Crippen molar-refractivity contribution in [1.82, 2.24) is 19.4 Å². The molecule has 0 unspecified atom stereocenters. The molecule has 0 aromatic carbocycles. The standard InChI is InChI=1S/C16H23F3N4O4/c1-21-8-11(14(25)22(2)15(21)26)9-23(12-3-5-20-7-12)13(24)4-6-27-10-16(17,18)19/h8,12,20H,3-7,9-10H2,1-2H3/t12-/m1/s1. The third-order valence-electron chi connectivity index (χ3n) is 4.38. The van der Waals surface area contributed by atoms with E-state index in [1.165, 1.54) is 29.8 Å². The Bertz CT molecular complexity index is 781. The smallest absolute Gasteiger partial charge is 0.372 e. The fraction of sp³-hybridized carbons (Fsp3) is 0.688. The number of nitrogens with zero attached hydrogens (tertiary/aromatic N) is 3. The van der Waals surface area contributed by atoms with Crippen LogP contribution in [0.4, 0.5) is 13.2 Å². The molecule has 0 spiro atoms. The molecule has 8 nitrogen and oxygen atoms in total. The second-order valence-electron chi connectivity index (χ2n) is 6.50. The monoisotopic (exact) mass is 392 g/mol. The lowest BCUT2D eigenvalue weighted by atomic mass is 10.1. The summed E-state index contributed by atoms with van der Waals surface area (Å²) in [7, 11) is 2.85. The van der Waals surface area contributed by atoms with Crippen LogP contribution in [0.3, 0.4) is 0 Å². The van der Waals surface area contributed by atoms with Gasteiger partial charge in [0.2, 0.25) is 5.91 Å². The van der Waals surface area contributed by atoms with Gasteiger partial charge in [0.25, 0.3) is 5.56 Å². The maximum atomic E-state index is 12.6. The van der Waals surface area contributed by atoms with Crippen molar-refractivity contribution in [2.24, 2.45) is 14.1 Å². The lowest BCUT2D eigenvalue weighted by Gasteiger charge is -2.28. The van der Waals surface area contributed by atoms with Gasteiger partial charge in [0.1, 0.15) is 6.61 Å². The maximum absolute atomic E-state index is 12.6. The Morgan fingerprint density at radius 2 is 2.07 bits per heavy atom. The number of halogens is 3. The first-order valence-electron chi connectivity index (χ1n) is 8.50. The molecule has 11 heteroatoms. The van der Waals surface area contributed by atoms with Crippen molar-refractivity contribution in [2.45, 2.75) is 31.6 Å². The number of hydrogen-bond acceptors (Lipinski definition) is 5. The van der Waals surface area contributed by atoms with Crippen molar-refractivity contribution >= 4 is 5.91 Å². The van der Waals surface area contributed by atoms with Crippen LogP contribution in [0.2, 0.25) is 0 Å². The summed E-state index contributed by atoms with van der Waals surface area (Å²) in [6, 6.07) is -0.179. The molecule has 1 aliphatic heterocycles. The minimum atomic E-state index is -4.45. The van der Waals surface area contributed by atoms with Gasteiger partial charge < -0.3 is 19.5 Å². The van der Waals surface area contributed by atoms with Crippen molar-refractivity contribution in [3.8, 4) is 0 Å². The van der Waals surface area contributed by atoms with E-state index in [1.54, 1.807) is 0 Å². The Morgan fingerprint density at radius 3 is 2.67 bits per heavy atom. The Labute approximate surface area is 153 Å². The summed E-state index contributed by atoms with van der Waals surface area (Å²) in [6.07, 6.45) is -2.62. The van der Waals surface area contributed by atoms with Crippen LogP contribution in [0.5, 0.6) is 0 Å². The van der Waals surface area contributed by atoms with Gasteiger partial charge >= 0.3 is 11.9 Å². The van der Waals surface area contributed by atoms with Gasteiger partial charge in [-0.2, -0.15) is 13.2 Å². The van der Waals surface area contributed by atoms with Crippen LogP contribution in [0.25, 0.3) is 0 Å². The first kappa shape index (κ1) is 21.2. The Kier molecular flexibility index (Phi) is 6.82. The molecule has 1 aromatic rings. The van der Waals surface area contributed by atoms with E-state index >= 15 is 0 Å². The summed E-state index contributed by atoms with van der Waals surface area (Å²) in [6.45, 7) is -0.566. The third kappa shape index (κ3) is 5.67. The quantitative estimate of drug-likeness (QED) is 0.647. The van der Waals surface area contributed by atoms with Crippen molar-refractivity contribution in [1.29, 1.82) is 0 Å². The van der Waals surface area contributed by atoms with E-state index < -0.39 is 29.9 Å². The lowest BCUT2D eigenvalue weighted by molar-refractivity contribution is -0.175. The van der Waals surface area contributed by atoms with Gasteiger partial charge in [0.05, 0.1) is 25.1 Å². The van der Waals surface area contributed by atoms with Crippen LogP contribution in [0, 0.1) is 0 Å². The van der Waals surface area contributed by atoms with Crippen molar-refractivity contribution in [3.05, 3.63) is 32.6 Å². The van der Waals surface area contributed by atoms with E-state index in [-0.39, 0.29) is 31.2 Å². The van der Waals surface area contributed by atoms with Gasteiger partial charge in [-0.15, -0.1) is 0 Å². The zero-order chi connectivity index (χ0) is 20.2. The normalized spacial score (nSPS) is 17.3. The van der Waals surface area contributed by atoms with Crippen LogP contribution in [0.1, 0.15) is 18.4 Å². The molecule has 1 atom stereocenters. The molecule has 0 aliphatic carbocycles. The Balaban J connectivity index is 2.12. The highest BCUT2D eigenvalue weighted by Gasteiger charge is 2.29. The molecule has 1 fully saturated rings. The molecule has 1 N–H and O–H groups in total. The highest BCUT2D eigenvalue weighted by molar-refractivity contribution is 5.76. The van der Waals surface area contributed by atoms with E-state index in [1.807, 2.05) is 0 Å². The van der Waals surface area contributed by atoms with Crippen molar-refractivity contribution < 1.29 is 22.7 Å². The zero-order valence-corrected chi connectivity index (χ0v) is 15.2. The Morgan fingerprint density at radius 1 is 1.37 bits per heavy atom. The maximum Gasteiger partial charge on any atom is 0.411 e. The van der Waals surface area contributed by atoms with E-state index in [9.17, 15) is 27.6 Å². The minimum absolute atomic E-state index is 0.0226. The number of aromatic nitrogens is 2. The van der Waals surface area contributed by atoms with Crippen LogP contribution >= 0.6 is 0 Å². The van der Waals surface area contributed by atoms with Crippen LogP contribution in [-0.4, -0.2) is 58.5 Å². The van der Waals surface area contributed by atoms with Crippen LogP contribution < -0.4 is 16.6 Å². The van der Waals surface area contributed by atoms with Gasteiger partial charge in [-0.05, 0) is 13.0 Å². The summed E-state index contributed by atoms with van der Waals surface area (Å²) in [4.78, 5) is 38.2. The number of carbonyl (C=O) groups is 1. The molecule has 2 rings (SSSR count). The molecule has 152 valence electrons. The number of alkyl halides is 3. The van der Waals surface area contributed by atoms with E-state index in [0.717, 1.165) is 4.57 Å². The van der Waals surface area contributed by atoms with Crippen molar-refractivity contribution in [3.63, 3.8) is 0 Å². The van der Waals surface area contributed by atoms with Gasteiger partial charge in [-0.1, -0.05) is 0 Å². The van der Waals surface area contributed by atoms with Gasteiger partial charge in [0.15, 0.2) is 0 Å². The number of ether oxygens (including phenoxy) is 1. The lowest BCUT2D eigenvalue weighted by Crippen LogP contribution is -2.45. The molecule has 1 aromatic heterocycles. The first-order chi connectivity index (χ1) is 12.6. The van der Waals surface area contributed by atoms with Crippen molar-refractivity contribution in [2.75, 3.05) is 26.3 Å². The SMILES string of the molecule is Cn1cc(CN(C(=O)CCOCC(F)(F)F)[C@@H]2CCNC2)c(=O)n(C)c1=O. The van der Waals surface area contributed by atoms with Gasteiger partial charge in [0, 0.05) is 32.9 Å². The number of amides is 1. The number of rotatable bonds is 7. The molecule has 2 heterocycles. The summed E-state index contributed by atoms with van der Waals surface area (Å²) >= 11 is 0. The number of hydrogen-bond donors (Lipinski definition) is 1. The zero-order valence-electron chi connectivity index (χ0n) is 15.2. The predicted octanol–water partition coefficient (Wildman–Crippen LogP) is -0.256. The Hall–Kier alpha value is -2.14. The van der Waals surface area contributed by atoms with Gasteiger partial charge in [-0.3, -0.25) is 14.2 Å². The topological polar surface area (TPSA) is 85.6 Å². The molecule has 0 saturated carbocycles. The molecule has 1 saturated heterocycles. The molecule has 1 amide bonds. The van der Waals surface area contributed by atoms with Crippen LogP contribution in [0.15, 0.2) is 15.8 Å². The average Bonchev–Trinajstić information content (AvgIpc) is 3.12. The molecule has 0 radical (unpaired) electrons. The fourth-order valence-electron chi connectivity index (χ4n) is 2.99. The molecule has 1 aliphatic rings. The van der Waals surface area contributed by atoms with E-state index in [2.05, 4.69) is 10.1 Å². The highest BCUT2D eigenvalue weighted by Crippen LogP contribution is 2.16. The summed E-state index contributed by atoms with van der Waals surface area (Å²) in [5, 5.41) is 3.11. The second kappa shape index (κ2) is 8.70. The average molecular weight is 392 g/mol. The summed E-state index contributed by atoms with van der Waals surface area (Å²) < 4.78 is 43.1. The second-order valence-corrected chi connectivity index (χ2v) is 6.50. The molecular formula is C16H23F3N4O4. The number of carbonyl (C=O) groups excluding carboxylic acids is 1. The fourth-order valence-corrected chi connectivity index (χ4v) is 2.99. The predicted molar refractivity (Wildman–Crippen MR) is 90.2 cm³/mol. The largest absolute Gasteiger partial charge is 0.411 e. The highest BCUT2D eigenvalue weighted by atomic mass is 19.4. The third-order valence-corrected chi connectivity index (χ3v) is 4.38. The van der Waals surface area contributed by atoms with E-state index in [4.69, 9.17) is 0 Å². The number of nitrogens with one attached hydrogen (secondary N) is 1. The molecule has 0 bridgehead atoms.